The van der Waals surface area contributed by atoms with Crippen LogP contribution in [0.25, 0.3) is 6.08 Å². The van der Waals surface area contributed by atoms with E-state index >= 15 is 0 Å². The Morgan fingerprint density at radius 2 is 1.53 bits per heavy atom. The molecule has 2 aromatic carbocycles. The van der Waals surface area contributed by atoms with Crippen molar-refractivity contribution in [2.24, 2.45) is 0 Å². The lowest BCUT2D eigenvalue weighted by Crippen LogP contribution is -2.21. The number of carbonyl (C=O) groups excluding carboxylic acids is 2. The first kappa shape index (κ1) is 22.3. The molecule has 0 spiro atoms. The Kier molecular flexibility index (Phi) is 7.42. The minimum Gasteiger partial charge on any atom is -0.496 e. The van der Waals surface area contributed by atoms with Gasteiger partial charge in [-0.3, -0.25) is 9.59 Å². The summed E-state index contributed by atoms with van der Waals surface area (Å²) < 4.78 is 15.8. The first-order valence-electron chi connectivity index (χ1n) is 8.89. The van der Waals surface area contributed by atoms with Crippen molar-refractivity contribution >= 4 is 23.6 Å². The van der Waals surface area contributed by atoms with E-state index in [4.69, 9.17) is 14.2 Å². The number of nitrogens with one attached hydrogen (secondary N) is 1. The molecule has 0 saturated carbocycles. The summed E-state index contributed by atoms with van der Waals surface area (Å²) in [5.41, 5.74) is 1.29. The molecule has 0 saturated heterocycles. The van der Waals surface area contributed by atoms with E-state index in [2.05, 4.69) is 5.32 Å². The standard InChI is InChI=1S/C22H23N3O5/c1-25(2)22(27)14-6-8-17(9-7-14)24-21(26)16(13-23)10-15-11-19(29-4)20(30-5)12-18(15)28-3/h6-12H,1-5H3,(H,24,26)/b16-10+. The zero-order chi connectivity index (χ0) is 22.3. The molecule has 8 nitrogen and oxygen atoms in total. The number of hydrogen-bond acceptors (Lipinski definition) is 6. The zero-order valence-corrected chi connectivity index (χ0v) is 17.5. The van der Waals surface area contributed by atoms with E-state index < -0.39 is 5.91 Å². The fourth-order valence-corrected chi connectivity index (χ4v) is 2.62. The molecule has 30 heavy (non-hydrogen) atoms. The van der Waals surface area contributed by atoms with E-state index in [0.717, 1.165) is 0 Å². The number of amides is 2. The SMILES string of the molecule is COc1cc(OC)c(OC)cc1/C=C(\C#N)C(=O)Nc1ccc(C(=O)N(C)C)cc1. The highest BCUT2D eigenvalue weighted by Crippen LogP contribution is 2.35. The number of anilines is 1. The van der Waals surface area contributed by atoms with Gasteiger partial charge in [0.1, 0.15) is 17.4 Å². The highest BCUT2D eigenvalue weighted by Gasteiger charge is 2.15. The van der Waals surface area contributed by atoms with Crippen molar-refractivity contribution < 1.29 is 23.8 Å². The van der Waals surface area contributed by atoms with Gasteiger partial charge < -0.3 is 24.4 Å². The van der Waals surface area contributed by atoms with Crippen LogP contribution >= 0.6 is 0 Å². The number of ether oxygens (including phenoxy) is 3. The summed E-state index contributed by atoms with van der Waals surface area (Å²) in [6.07, 6.45) is 1.40. The molecule has 0 heterocycles. The maximum atomic E-state index is 12.6. The number of hydrogen-bond donors (Lipinski definition) is 1. The monoisotopic (exact) mass is 409 g/mol. The molecule has 156 valence electrons. The van der Waals surface area contributed by atoms with E-state index in [0.29, 0.717) is 34.1 Å². The van der Waals surface area contributed by atoms with Gasteiger partial charge in [-0.2, -0.15) is 5.26 Å². The lowest BCUT2D eigenvalue weighted by atomic mass is 10.1. The molecule has 0 bridgehead atoms. The molecule has 0 atom stereocenters. The fraction of sp³-hybridized carbons (Fsp3) is 0.227. The molecule has 0 aromatic heterocycles. The van der Waals surface area contributed by atoms with Crippen LogP contribution in [0.5, 0.6) is 17.2 Å². The molecule has 0 aliphatic carbocycles. The summed E-state index contributed by atoms with van der Waals surface area (Å²) in [6, 6.07) is 11.5. The maximum absolute atomic E-state index is 12.6. The van der Waals surface area contributed by atoms with Crippen LogP contribution in [-0.2, 0) is 4.79 Å². The van der Waals surface area contributed by atoms with Crippen molar-refractivity contribution in [3.8, 4) is 23.3 Å². The van der Waals surface area contributed by atoms with Crippen molar-refractivity contribution in [3.63, 3.8) is 0 Å². The van der Waals surface area contributed by atoms with Gasteiger partial charge in [0.25, 0.3) is 11.8 Å². The first-order valence-corrected chi connectivity index (χ1v) is 8.89. The molecule has 2 aromatic rings. The second kappa shape index (κ2) is 9.98. The van der Waals surface area contributed by atoms with E-state index in [1.807, 2.05) is 6.07 Å². The Balaban J connectivity index is 2.29. The second-order valence-electron chi connectivity index (χ2n) is 6.35. The minimum atomic E-state index is -0.596. The molecular formula is C22H23N3O5. The summed E-state index contributed by atoms with van der Waals surface area (Å²) in [4.78, 5) is 26.0. The lowest BCUT2D eigenvalue weighted by molar-refractivity contribution is -0.112. The molecule has 0 aliphatic heterocycles. The number of rotatable bonds is 7. The van der Waals surface area contributed by atoms with E-state index in [1.54, 1.807) is 50.5 Å². The zero-order valence-electron chi connectivity index (χ0n) is 17.5. The highest BCUT2D eigenvalue weighted by atomic mass is 16.5. The van der Waals surface area contributed by atoms with Crippen LogP contribution in [0.4, 0.5) is 5.69 Å². The maximum Gasteiger partial charge on any atom is 0.266 e. The summed E-state index contributed by atoms with van der Waals surface area (Å²) in [5.74, 6) is 0.567. The van der Waals surface area contributed by atoms with Crippen molar-refractivity contribution in [3.05, 3.63) is 53.1 Å². The second-order valence-corrected chi connectivity index (χ2v) is 6.35. The third-order valence-electron chi connectivity index (χ3n) is 4.20. The Labute approximate surface area is 175 Å². The number of carbonyl (C=O) groups is 2. The van der Waals surface area contributed by atoms with Crippen molar-refractivity contribution in [1.29, 1.82) is 5.26 Å². The Morgan fingerprint density at radius 1 is 0.967 bits per heavy atom. The van der Waals surface area contributed by atoms with Crippen LogP contribution in [0.2, 0.25) is 0 Å². The third kappa shape index (κ3) is 5.08. The van der Waals surface area contributed by atoms with Crippen LogP contribution in [0.3, 0.4) is 0 Å². The molecule has 0 aliphatic rings. The van der Waals surface area contributed by atoms with Crippen LogP contribution in [-0.4, -0.2) is 52.1 Å². The van der Waals surface area contributed by atoms with Gasteiger partial charge in [-0.15, -0.1) is 0 Å². The minimum absolute atomic E-state index is 0.131. The molecule has 0 fully saturated rings. The van der Waals surface area contributed by atoms with E-state index in [1.165, 1.54) is 32.3 Å². The molecule has 8 heteroatoms. The highest BCUT2D eigenvalue weighted by molar-refractivity contribution is 6.10. The molecule has 2 amide bonds. The average molecular weight is 409 g/mol. The first-order chi connectivity index (χ1) is 14.3. The smallest absolute Gasteiger partial charge is 0.266 e. The normalized spacial score (nSPS) is 10.6. The summed E-state index contributed by atoms with van der Waals surface area (Å²) in [5, 5.41) is 12.1. The fourth-order valence-electron chi connectivity index (χ4n) is 2.62. The van der Waals surface area contributed by atoms with Crippen molar-refractivity contribution in [2.75, 3.05) is 40.7 Å². The molecular weight excluding hydrogens is 386 g/mol. The van der Waals surface area contributed by atoms with Gasteiger partial charge >= 0.3 is 0 Å². The number of benzene rings is 2. The largest absolute Gasteiger partial charge is 0.496 e. The average Bonchev–Trinajstić information content (AvgIpc) is 2.76. The van der Waals surface area contributed by atoms with E-state index in [9.17, 15) is 14.9 Å². The van der Waals surface area contributed by atoms with Crippen LogP contribution in [0, 0.1) is 11.3 Å². The Hall–Kier alpha value is -3.99. The molecule has 0 unspecified atom stereocenters. The third-order valence-corrected chi connectivity index (χ3v) is 4.20. The molecule has 1 N–H and O–H groups in total. The van der Waals surface area contributed by atoms with Crippen LogP contribution in [0.1, 0.15) is 15.9 Å². The quantitative estimate of drug-likeness (QED) is 0.557. The van der Waals surface area contributed by atoms with Crippen LogP contribution < -0.4 is 19.5 Å². The van der Waals surface area contributed by atoms with Gasteiger partial charge in [0.2, 0.25) is 0 Å². The summed E-state index contributed by atoms with van der Waals surface area (Å²) in [7, 11) is 7.77. The van der Waals surface area contributed by atoms with E-state index in [-0.39, 0.29) is 11.5 Å². The number of methoxy groups -OCH3 is 3. The summed E-state index contributed by atoms with van der Waals surface area (Å²) >= 11 is 0. The van der Waals surface area contributed by atoms with Gasteiger partial charge in [-0.25, -0.2) is 0 Å². The number of nitriles is 1. The van der Waals surface area contributed by atoms with Gasteiger partial charge in [0.05, 0.1) is 21.3 Å². The molecule has 2 rings (SSSR count). The van der Waals surface area contributed by atoms with Gasteiger partial charge in [0.15, 0.2) is 11.5 Å². The predicted octanol–water partition coefficient (Wildman–Crippen LogP) is 2.96. The predicted molar refractivity (Wildman–Crippen MR) is 113 cm³/mol. The van der Waals surface area contributed by atoms with Gasteiger partial charge in [0, 0.05) is 37.0 Å². The topological polar surface area (TPSA) is 101 Å². The summed E-state index contributed by atoms with van der Waals surface area (Å²) in [6.45, 7) is 0. The van der Waals surface area contributed by atoms with Gasteiger partial charge in [-0.05, 0) is 36.4 Å². The van der Waals surface area contributed by atoms with Gasteiger partial charge in [-0.1, -0.05) is 0 Å². The Morgan fingerprint density at radius 3 is 2.03 bits per heavy atom. The molecule has 0 radical (unpaired) electrons. The number of nitrogens with zero attached hydrogens (tertiary/aromatic N) is 2. The Bertz CT molecular complexity index is 1000. The van der Waals surface area contributed by atoms with Crippen LogP contribution in [0.15, 0.2) is 42.0 Å². The van der Waals surface area contributed by atoms with Crippen molar-refractivity contribution in [1.82, 2.24) is 4.90 Å². The lowest BCUT2D eigenvalue weighted by Gasteiger charge is -2.13. The van der Waals surface area contributed by atoms with Crippen molar-refractivity contribution in [2.45, 2.75) is 0 Å².